The van der Waals surface area contributed by atoms with E-state index in [1.807, 2.05) is 0 Å². The number of hydrogen-bond donors (Lipinski definition) is 2. The lowest BCUT2D eigenvalue weighted by molar-refractivity contribution is 0.358. The van der Waals surface area contributed by atoms with Gasteiger partial charge in [-0.1, -0.05) is 20.8 Å². The molecule has 0 spiro atoms. The number of rotatable bonds is 6. The summed E-state index contributed by atoms with van der Waals surface area (Å²) in [7, 11) is 4.16. The smallest absolute Gasteiger partial charge is 0.0944 e. The molecule has 0 bridgehead atoms. The number of thiazole rings is 1. The first-order valence-corrected chi connectivity index (χ1v) is 7.26. The van der Waals surface area contributed by atoms with E-state index in [-0.39, 0.29) is 5.41 Å². The molecule has 3 N–H and O–H groups in total. The van der Waals surface area contributed by atoms with Gasteiger partial charge in [0, 0.05) is 23.3 Å². The Hall–Kier alpha value is -0.490. The van der Waals surface area contributed by atoms with Crippen LogP contribution in [0.5, 0.6) is 0 Å². The second-order valence-electron chi connectivity index (χ2n) is 6.04. The quantitative estimate of drug-likeness (QED) is 0.611. The van der Waals surface area contributed by atoms with Crippen LogP contribution in [-0.2, 0) is 11.8 Å². The molecule has 18 heavy (non-hydrogen) atoms. The number of nitrogens with two attached hydrogens (primary N) is 1. The van der Waals surface area contributed by atoms with E-state index in [0.717, 1.165) is 19.4 Å². The molecule has 0 aliphatic rings. The van der Waals surface area contributed by atoms with Crippen LogP contribution in [0, 0.1) is 0 Å². The molecular weight excluding hydrogens is 244 g/mol. The van der Waals surface area contributed by atoms with E-state index in [9.17, 15) is 0 Å². The summed E-state index contributed by atoms with van der Waals surface area (Å²) in [6, 6.07) is 0.298. The fourth-order valence-electron chi connectivity index (χ4n) is 1.62. The zero-order chi connectivity index (χ0) is 13.8. The SMILES string of the molecule is CN(C)CCC(Cc1nc(C(C)(C)C)cs1)NN. The molecule has 1 unspecified atom stereocenters. The van der Waals surface area contributed by atoms with Crippen molar-refractivity contribution in [2.45, 2.75) is 45.1 Å². The summed E-state index contributed by atoms with van der Waals surface area (Å²) in [5, 5.41) is 3.33. The maximum Gasteiger partial charge on any atom is 0.0944 e. The third-order valence-electron chi connectivity index (χ3n) is 2.90. The van der Waals surface area contributed by atoms with Crippen molar-refractivity contribution in [2.24, 2.45) is 5.84 Å². The van der Waals surface area contributed by atoms with Gasteiger partial charge in [-0.2, -0.15) is 0 Å². The molecule has 104 valence electrons. The minimum absolute atomic E-state index is 0.129. The number of hydrazine groups is 1. The van der Waals surface area contributed by atoms with Gasteiger partial charge in [-0.05, 0) is 27.1 Å². The Labute approximate surface area is 115 Å². The average Bonchev–Trinajstić information content (AvgIpc) is 2.71. The average molecular weight is 270 g/mol. The Bertz CT molecular complexity index is 354. The Kier molecular flexibility index (Phi) is 5.72. The van der Waals surface area contributed by atoms with Crippen molar-refractivity contribution in [1.82, 2.24) is 15.3 Å². The maximum absolute atomic E-state index is 5.61. The first-order valence-electron chi connectivity index (χ1n) is 6.38. The van der Waals surface area contributed by atoms with Crippen molar-refractivity contribution in [1.29, 1.82) is 0 Å². The lowest BCUT2D eigenvalue weighted by atomic mass is 9.93. The summed E-state index contributed by atoms with van der Waals surface area (Å²) in [6.45, 7) is 7.61. The highest BCUT2D eigenvalue weighted by Gasteiger charge is 2.18. The Morgan fingerprint density at radius 1 is 1.44 bits per heavy atom. The summed E-state index contributed by atoms with van der Waals surface area (Å²) < 4.78 is 0. The van der Waals surface area contributed by atoms with E-state index in [2.05, 4.69) is 50.6 Å². The summed E-state index contributed by atoms with van der Waals surface area (Å²) in [5.74, 6) is 5.61. The molecule has 0 aliphatic carbocycles. The summed E-state index contributed by atoms with van der Waals surface area (Å²) >= 11 is 1.73. The molecule has 1 aromatic rings. The standard InChI is InChI=1S/C13H26N4S/c1-13(2,3)11-9-18-12(15-11)8-10(16-14)6-7-17(4)5/h9-10,16H,6-8,14H2,1-5H3. The van der Waals surface area contributed by atoms with Crippen LogP contribution in [0.1, 0.15) is 37.9 Å². The largest absolute Gasteiger partial charge is 0.309 e. The molecule has 1 rings (SSSR count). The highest BCUT2D eigenvalue weighted by molar-refractivity contribution is 7.09. The lowest BCUT2D eigenvalue weighted by Gasteiger charge is -2.17. The third-order valence-corrected chi connectivity index (χ3v) is 3.77. The predicted molar refractivity (Wildman–Crippen MR) is 78.8 cm³/mol. The van der Waals surface area contributed by atoms with Gasteiger partial charge in [0.15, 0.2) is 0 Å². The van der Waals surface area contributed by atoms with Gasteiger partial charge in [0.2, 0.25) is 0 Å². The van der Waals surface area contributed by atoms with Crippen LogP contribution >= 0.6 is 11.3 Å². The van der Waals surface area contributed by atoms with Crippen LogP contribution in [0.4, 0.5) is 0 Å². The monoisotopic (exact) mass is 270 g/mol. The van der Waals surface area contributed by atoms with Gasteiger partial charge >= 0.3 is 0 Å². The minimum atomic E-state index is 0.129. The molecule has 4 nitrogen and oxygen atoms in total. The van der Waals surface area contributed by atoms with E-state index in [1.165, 1.54) is 10.7 Å². The van der Waals surface area contributed by atoms with Crippen molar-refractivity contribution in [3.63, 3.8) is 0 Å². The molecule has 0 saturated heterocycles. The lowest BCUT2D eigenvalue weighted by Crippen LogP contribution is -2.38. The molecular formula is C13H26N4S. The van der Waals surface area contributed by atoms with Crippen LogP contribution in [0.2, 0.25) is 0 Å². The van der Waals surface area contributed by atoms with Crippen molar-refractivity contribution in [3.05, 3.63) is 16.1 Å². The normalized spacial score (nSPS) is 14.2. The molecule has 0 fully saturated rings. The molecule has 0 saturated carbocycles. The van der Waals surface area contributed by atoms with E-state index in [0.29, 0.717) is 6.04 Å². The van der Waals surface area contributed by atoms with Gasteiger partial charge in [-0.3, -0.25) is 11.3 Å². The Morgan fingerprint density at radius 2 is 2.11 bits per heavy atom. The van der Waals surface area contributed by atoms with Gasteiger partial charge in [-0.15, -0.1) is 11.3 Å². The second-order valence-corrected chi connectivity index (χ2v) is 6.98. The predicted octanol–water partition coefficient (Wildman–Crippen LogP) is 1.77. The summed E-state index contributed by atoms with van der Waals surface area (Å²) in [6.07, 6.45) is 1.94. The molecule has 0 aliphatic heterocycles. The highest BCUT2D eigenvalue weighted by atomic mass is 32.1. The molecule has 1 heterocycles. The van der Waals surface area contributed by atoms with Crippen molar-refractivity contribution >= 4 is 11.3 Å². The van der Waals surface area contributed by atoms with E-state index >= 15 is 0 Å². The first-order chi connectivity index (χ1) is 8.32. The number of aromatic nitrogens is 1. The topological polar surface area (TPSA) is 54.2 Å². The minimum Gasteiger partial charge on any atom is -0.309 e. The molecule has 1 atom stereocenters. The maximum atomic E-state index is 5.61. The zero-order valence-electron chi connectivity index (χ0n) is 12.2. The van der Waals surface area contributed by atoms with Crippen LogP contribution in [0.25, 0.3) is 0 Å². The Morgan fingerprint density at radius 3 is 2.56 bits per heavy atom. The zero-order valence-corrected chi connectivity index (χ0v) is 13.0. The van der Waals surface area contributed by atoms with Crippen LogP contribution in [-0.4, -0.2) is 36.6 Å². The Balaban J connectivity index is 2.57. The molecule has 0 aromatic carbocycles. The van der Waals surface area contributed by atoms with Crippen LogP contribution < -0.4 is 11.3 Å². The summed E-state index contributed by atoms with van der Waals surface area (Å²) in [5.41, 5.74) is 4.20. The van der Waals surface area contributed by atoms with Crippen LogP contribution in [0.15, 0.2) is 5.38 Å². The number of hydrogen-bond acceptors (Lipinski definition) is 5. The van der Waals surface area contributed by atoms with Gasteiger partial charge in [0.1, 0.15) is 0 Å². The van der Waals surface area contributed by atoms with Crippen molar-refractivity contribution in [2.75, 3.05) is 20.6 Å². The van der Waals surface area contributed by atoms with Crippen molar-refractivity contribution < 1.29 is 0 Å². The fraction of sp³-hybridized carbons (Fsp3) is 0.769. The number of nitrogens with zero attached hydrogens (tertiary/aromatic N) is 2. The second kappa shape index (κ2) is 6.61. The van der Waals surface area contributed by atoms with Crippen LogP contribution in [0.3, 0.4) is 0 Å². The molecule has 5 heteroatoms. The van der Waals surface area contributed by atoms with Gasteiger partial charge in [0.05, 0.1) is 10.7 Å². The van der Waals surface area contributed by atoms with Gasteiger partial charge < -0.3 is 4.90 Å². The molecule has 0 radical (unpaired) electrons. The highest BCUT2D eigenvalue weighted by Crippen LogP contribution is 2.24. The first kappa shape index (κ1) is 15.6. The van der Waals surface area contributed by atoms with E-state index < -0.39 is 0 Å². The fourth-order valence-corrected chi connectivity index (χ4v) is 2.72. The van der Waals surface area contributed by atoms with Crippen molar-refractivity contribution in [3.8, 4) is 0 Å². The van der Waals surface area contributed by atoms with Gasteiger partial charge in [0.25, 0.3) is 0 Å². The third kappa shape index (κ3) is 5.02. The van der Waals surface area contributed by atoms with Gasteiger partial charge in [-0.25, -0.2) is 4.98 Å². The van der Waals surface area contributed by atoms with E-state index in [1.54, 1.807) is 11.3 Å². The molecule has 0 amide bonds. The molecule has 1 aromatic heterocycles. The number of nitrogens with one attached hydrogen (secondary N) is 1. The van der Waals surface area contributed by atoms with E-state index in [4.69, 9.17) is 10.8 Å². The summed E-state index contributed by atoms with van der Waals surface area (Å²) in [4.78, 5) is 6.88.